The van der Waals surface area contributed by atoms with E-state index >= 15 is 0 Å². The molecule has 2 heterocycles. The molecule has 0 aromatic rings. The normalized spacial score (nSPS) is 43.8. The van der Waals surface area contributed by atoms with Crippen molar-refractivity contribution < 1.29 is 30.6 Å². The summed E-state index contributed by atoms with van der Waals surface area (Å²) in [6, 6.07) is -0.844. The number of β-amino-alcohol motifs (C(OH)–C–C–N with tert-alkyl or cyclic N) is 3. The second-order valence-corrected chi connectivity index (χ2v) is 11.2. The first-order valence-corrected chi connectivity index (χ1v) is 14.2. The van der Waals surface area contributed by atoms with E-state index in [1.165, 1.54) is 0 Å². The van der Waals surface area contributed by atoms with Gasteiger partial charge in [-0.3, -0.25) is 26.6 Å². The fourth-order valence-electron chi connectivity index (χ4n) is 5.51. The van der Waals surface area contributed by atoms with Crippen LogP contribution in [0.5, 0.6) is 0 Å². The molecule has 0 aromatic carbocycles. The largest absolute Gasteiger partial charge is 0.393 e. The average molecular weight is 549 g/mol. The molecule has 0 aromatic heterocycles. The van der Waals surface area contributed by atoms with Gasteiger partial charge in [-0.2, -0.15) is 0 Å². The Labute approximate surface area is 225 Å². The summed E-state index contributed by atoms with van der Waals surface area (Å²) in [5, 5.41) is 87.8. The first kappa shape index (κ1) is 32.0. The zero-order valence-corrected chi connectivity index (χ0v) is 22.5. The van der Waals surface area contributed by atoms with Crippen LogP contribution in [0.15, 0.2) is 0 Å². The molecule has 0 radical (unpaired) electrons. The van der Waals surface area contributed by atoms with Crippen LogP contribution < -0.4 is 42.5 Å². The van der Waals surface area contributed by atoms with Crippen LogP contribution in [0.1, 0.15) is 45.4 Å². The molecule has 0 amide bonds. The first-order chi connectivity index (χ1) is 18.2. The highest BCUT2D eigenvalue weighted by Crippen LogP contribution is 2.28. The van der Waals surface area contributed by atoms with E-state index in [4.69, 9.17) is 0 Å². The van der Waals surface area contributed by atoms with Crippen LogP contribution in [0.2, 0.25) is 0 Å². The average Bonchev–Trinajstić information content (AvgIpc) is 3.40. The molecule has 14 nitrogen and oxygen atoms in total. The van der Waals surface area contributed by atoms with Gasteiger partial charge in [-0.05, 0) is 51.4 Å². The minimum atomic E-state index is -1.05. The van der Waals surface area contributed by atoms with E-state index in [2.05, 4.69) is 42.5 Å². The van der Waals surface area contributed by atoms with Crippen molar-refractivity contribution >= 4 is 0 Å². The van der Waals surface area contributed by atoms with Crippen LogP contribution in [0.3, 0.4) is 0 Å². The van der Waals surface area contributed by atoms with Crippen molar-refractivity contribution in [3.8, 4) is 0 Å². The third-order valence-corrected chi connectivity index (χ3v) is 7.77. The molecule has 224 valence electrons. The molecule has 3 fully saturated rings. The van der Waals surface area contributed by atoms with Crippen LogP contribution in [0.4, 0.5) is 0 Å². The molecule has 0 spiro atoms. The van der Waals surface area contributed by atoms with Crippen LogP contribution >= 0.6 is 0 Å². The predicted octanol–water partition coefficient (Wildman–Crippen LogP) is -4.89. The zero-order valence-electron chi connectivity index (χ0n) is 22.5. The molecule has 9 unspecified atom stereocenters. The second kappa shape index (κ2) is 16.6. The Balaban J connectivity index is 1.61. The molecule has 9 atom stereocenters. The van der Waals surface area contributed by atoms with Crippen LogP contribution in [-0.2, 0) is 0 Å². The lowest BCUT2D eigenvalue weighted by Gasteiger charge is -2.34. The van der Waals surface area contributed by atoms with Crippen molar-refractivity contribution in [2.75, 3.05) is 39.4 Å². The molecule has 2 saturated heterocycles. The van der Waals surface area contributed by atoms with Crippen LogP contribution in [0.25, 0.3) is 0 Å². The summed E-state index contributed by atoms with van der Waals surface area (Å²) in [4.78, 5) is 0. The minimum absolute atomic E-state index is 0.0201. The Hall–Kier alpha value is -0.560. The summed E-state index contributed by atoms with van der Waals surface area (Å²) in [5.74, 6) is 0.372. The van der Waals surface area contributed by atoms with E-state index < -0.39 is 37.2 Å². The van der Waals surface area contributed by atoms with Gasteiger partial charge in [-0.1, -0.05) is 0 Å². The van der Waals surface area contributed by atoms with Gasteiger partial charge < -0.3 is 46.6 Å². The Morgan fingerprint density at radius 1 is 0.579 bits per heavy atom. The summed E-state index contributed by atoms with van der Waals surface area (Å²) in [5.41, 5.74) is 0. The number of nitrogens with one attached hydrogen (secondary N) is 8. The molecule has 2 aliphatic heterocycles. The van der Waals surface area contributed by atoms with Crippen molar-refractivity contribution in [1.82, 2.24) is 42.5 Å². The Kier molecular flexibility index (Phi) is 14.0. The lowest BCUT2D eigenvalue weighted by Crippen LogP contribution is -2.59. The van der Waals surface area contributed by atoms with Gasteiger partial charge in [0.15, 0.2) is 0 Å². The van der Waals surface area contributed by atoms with Crippen molar-refractivity contribution in [2.45, 2.75) is 107 Å². The van der Waals surface area contributed by atoms with Crippen molar-refractivity contribution in [3.05, 3.63) is 0 Å². The number of aliphatic hydroxyl groups is 6. The highest BCUT2D eigenvalue weighted by Gasteiger charge is 2.29. The number of rotatable bonds is 4. The summed E-state index contributed by atoms with van der Waals surface area (Å²) in [6.07, 6.45) is -0.628. The lowest BCUT2D eigenvalue weighted by atomic mass is 9.83. The number of hydrogen-bond acceptors (Lipinski definition) is 14. The molecule has 3 rings (SSSR count). The molecule has 14 N–H and O–H groups in total. The SMILES string of the molecule is CC1CNC(CC2CCC(O)CC2)C(O)NCC(O)NCC(O)NC(CC2CNCN2)C(O)NCC(O)N1. The molecular formula is C24H52N8O6. The topological polar surface area (TPSA) is 218 Å². The molecule has 1 saturated carbocycles. The molecule has 3 aliphatic rings. The van der Waals surface area contributed by atoms with Gasteiger partial charge in [-0.25, -0.2) is 0 Å². The first-order valence-electron chi connectivity index (χ1n) is 14.2. The lowest BCUT2D eigenvalue weighted by molar-refractivity contribution is 0.0164. The third kappa shape index (κ3) is 11.5. The van der Waals surface area contributed by atoms with E-state index in [-0.39, 0.29) is 43.9 Å². The Morgan fingerprint density at radius 3 is 1.89 bits per heavy atom. The molecule has 14 heteroatoms. The summed E-state index contributed by atoms with van der Waals surface area (Å²) >= 11 is 0. The highest BCUT2D eigenvalue weighted by molar-refractivity contribution is 4.87. The van der Waals surface area contributed by atoms with E-state index in [0.29, 0.717) is 32.0 Å². The molecule has 38 heavy (non-hydrogen) atoms. The van der Waals surface area contributed by atoms with Crippen molar-refractivity contribution in [3.63, 3.8) is 0 Å². The maximum absolute atomic E-state index is 10.9. The summed E-state index contributed by atoms with van der Waals surface area (Å²) in [7, 11) is 0. The van der Waals surface area contributed by atoms with Gasteiger partial charge in [0, 0.05) is 57.5 Å². The number of hydrogen-bond donors (Lipinski definition) is 14. The fourth-order valence-corrected chi connectivity index (χ4v) is 5.51. The van der Waals surface area contributed by atoms with Gasteiger partial charge in [0.05, 0.1) is 12.1 Å². The molecule has 1 aliphatic carbocycles. The molecular weight excluding hydrogens is 496 g/mol. The highest BCUT2D eigenvalue weighted by atomic mass is 16.3. The predicted molar refractivity (Wildman–Crippen MR) is 142 cm³/mol. The van der Waals surface area contributed by atoms with Crippen LogP contribution in [0, 0.1) is 5.92 Å². The quantitative estimate of drug-likeness (QED) is 0.158. The standard InChI is InChI=1S/C24H52N8O6/c1-14-8-26-18(6-15-2-4-17(33)5-3-15)23(37)28-10-20(34)27-11-22(36)32-19(7-16-9-25-13-30-16)24(38)29-12-21(35)31-14/h14-38H,2-13H2,1H3. The van der Waals surface area contributed by atoms with Crippen molar-refractivity contribution in [1.29, 1.82) is 0 Å². The molecule has 0 bridgehead atoms. The van der Waals surface area contributed by atoms with E-state index in [1.807, 2.05) is 6.92 Å². The van der Waals surface area contributed by atoms with E-state index in [0.717, 1.165) is 32.2 Å². The smallest absolute Gasteiger partial charge is 0.120 e. The van der Waals surface area contributed by atoms with Gasteiger partial charge in [0.25, 0.3) is 0 Å². The second-order valence-electron chi connectivity index (χ2n) is 11.2. The van der Waals surface area contributed by atoms with Gasteiger partial charge in [-0.15, -0.1) is 0 Å². The minimum Gasteiger partial charge on any atom is -0.393 e. The monoisotopic (exact) mass is 548 g/mol. The Morgan fingerprint density at radius 2 is 1.21 bits per heavy atom. The fraction of sp³-hybridized carbons (Fsp3) is 1.00. The van der Waals surface area contributed by atoms with Gasteiger partial charge in [0.2, 0.25) is 0 Å². The number of aliphatic hydroxyl groups excluding tert-OH is 6. The Bertz CT molecular complexity index is 643. The summed E-state index contributed by atoms with van der Waals surface area (Å²) in [6.45, 7) is 3.99. The zero-order chi connectivity index (χ0) is 27.5. The van der Waals surface area contributed by atoms with E-state index in [1.54, 1.807) is 0 Å². The summed E-state index contributed by atoms with van der Waals surface area (Å²) < 4.78 is 0. The maximum Gasteiger partial charge on any atom is 0.120 e. The third-order valence-electron chi connectivity index (χ3n) is 7.77. The van der Waals surface area contributed by atoms with Crippen molar-refractivity contribution in [2.24, 2.45) is 5.92 Å². The maximum atomic E-state index is 10.9. The van der Waals surface area contributed by atoms with Crippen LogP contribution in [-0.4, -0.2) is 131 Å². The van der Waals surface area contributed by atoms with Gasteiger partial charge in [0.1, 0.15) is 31.1 Å². The van der Waals surface area contributed by atoms with Gasteiger partial charge >= 0.3 is 0 Å². The van der Waals surface area contributed by atoms with E-state index in [9.17, 15) is 30.6 Å².